The van der Waals surface area contributed by atoms with E-state index in [0.717, 1.165) is 31.0 Å². The normalized spacial score (nSPS) is 23.1. The first kappa shape index (κ1) is 17.1. The highest BCUT2D eigenvalue weighted by Gasteiger charge is 2.24. The third-order valence-corrected chi connectivity index (χ3v) is 5.17. The van der Waals surface area contributed by atoms with Gasteiger partial charge in [-0.3, -0.25) is 4.99 Å². The Morgan fingerprint density at radius 1 is 1.25 bits per heavy atom. The fourth-order valence-corrected chi connectivity index (χ4v) is 3.74. The Labute approximate surface area is 144 Å². The van der Waals surface area contributed by atoms with Crippen molar-refractivity contribution in [3.05, 3.63) is 29.8 Å². The minimum atomic E-state index is -0.300. The summed E-state index contributed by atoms with van der Waals surface area (Å²) in [6.07, 6.45) is 6.68. The number of fused-ring (bicyclic) bond motifs is 1. The number of nitrogens with zero attached hydrogens (tertiary/aromatic N) is 1. The number of hydrogen-bond donors (Lipinski definition) is 3. The molecule has 0 radical (unpaired) electrons. The molecule has 3 rings (SSSR count). The molecule has 0 amide bonds. The second kappa shape index (κ2) is 8.38. The summed E-state index contributed by atoms with van der Waals surface area (Å²) in [5.74, 6) is 2.11. The van der Waals surface area contributed by atoms with Gasteiger partial charge in [-0.25, -0.2) is 0 Å². The summed E-state index contributed by atoms with van der Waals surface area (Å²) < 4.78 is 5.71. The molecule has 1 aliphatic heterocycles. The number of hydrogen-bond acceptors (Lipinski definition) is 3. The number of rotatable bonds is 4. The number of para-hydroxylation sites is 1. The molecule has 2 unspecified atom stereocenters. The van der Waals surface area contributed by atoms with Crippen LogP contribution in [0.15, 0.2) is 29.3 Å². The van der Waals surface area contributed by atoms with Crippen LogP contribution < -0.4 is 15.4 Å². The van der Waals surface area contributed by atoms with E-state index in [1.165, 1.54) is 24.8 Å². The van der Waals surface area contributed by atoms with Crippen LogP contribution in [-0.4, -0.2) is 37.4 Å². The second-order valence-corrected chi connectivity index (χ2v) is 6.79. The molecule has 5 nitrogen and oxygen atoms in total. The van der Waals surface area contributed by atoms with Crippen LogP contribution in [-0.2, 0) is 0 Å². The Morgan fingerprint density at radius 3 is 2.83 bits per heavy atom. The SMILES string of the molecule is CN=C(NCC(O)C1CCCCC1)NC1CCOc2ccccc21. The molecule has 2 atom stereocenters. The van der Waals surface area contributed by atoms with Gasteiger partial charge in [-0.05, 0) is 24.8 Å². The van der Waals surface area contributed by atoms with E-state index in [1.54, 1.807) is 7.05 Å². The molecule has 3 N–H and O–H groups in total. The molecule has 132 valence electrons. The molecule has 1 aromatic rings. The number of nitrogens with one attached hydrogen (secondary N) is 2. The van der Waals surface area contributed by atoms with E-state index in [-0.39, 0.29) is 12.1 Å². The highest BCUT2D eigenvalue weighted by atomic mass is 16.5. The third-order valence-electron chi connectivity index (χ3n) is 5.17. The van der Waals surface area contributed by atoms with Crippen molar-refractivity contribution >= 4 is 5.96 Å². The Kier molecular flexibility index (Phi) is 5.96. The maximum Gasteiger partial charge on any atom is 0.191 e. The average molecular weight is 331 g/mol. The Morgan fingerprint density at radius 2 is 2.04 bits per heavy atom. The summed E-state index contributed by atoms with van der Waals surface area (Å²) in [5.41, 5.74) is 1.17. The highest BCUT2D eigenvalue weighted by molar-refractivity contribution is 5.80. The van der Waals surface area contributed by atoms with Gasteiger partial charge in [0.25, 0.3) is 0 Å². The quantitative estimate of drug-likeness (QED) is 0.586. The van der Waals surface area contributed by atoms with Crippen LogP contribution in [0.4, 0.5) is 0 Å². The molecule has 0 bridgehead atoms. The summed E-state index contributed by atoms with van der Waals surface area (Å²) in [7, 11) is 1.77. The monoisotopic (exact) mass is 331 g/mol. The van der Waals surface area contributed by atoms with E-state index in [2.05, 4.69) is 21.7 Å². The van der Waals surface area contributed by atoms with Gasteiger partial charge in [-0.15, -0.1) is 0 Å². The first-order chi connectivity index (χ1) is 11.8. The van der Waals surface area contributed by atoms with Crippen molar-refractivity contribution in [2.45, 2.75) is 50.7 Å². The number of aliphatic imine (C=N–C) groups is 1. The topological polar surface area (TPSA) is 65.9 Å². The summed E-state index contributed by atoms with van der Waals surface area (Å²) in [4.78, 5) is 4.31. The maximum absolute atomic E-state index is 10.4. The molecule has 2 aliphatic rings. The zero-order chi connectivity index (χ0) is 16.8. The van der Waals surface area contributed by atoms with Crippen LogP contribution in [0, 0.1) is 5.92 Å². The summed E-state index contributed by atoms with van der Waals surface area (Å²) in [5, 5.41) is 17.2. The van der Waals surface area contributed by atoms with Crippen LogP contribution >= 0.6 is 0 Å². The number of guanidine groups is 1. The van der Waals surface area contributed by atoms with Crippen molar-refractivity contribution in [2.24, 2.45) is 10.9 Å². The molecule has 24 heavy (non-hydrogen) atoms. The first-order valence-corrected chi connectivity index (χ1v) is 9.15. The van der Waals surface area contributed by atoms with Crippen molar-refractivity contribution in [1.82, 2.24) is 10.6 Å². The van der Waals surface area contributed by atoms with Gasteiger partial charge in [0.2, 0.25) is 0 Å². The number of aliphatic hydroxyl groups is 1. The lowest BCUT2D eigenvalue weighted by Crippen LogP contribution is -2.45. The average Bonchev–Trinajstić information content (AvgIpc) is 2.65. The summed E-state index contributed by atoms with van der Waals surface area (Å²) in [6, 6.07) is 8.32. The standard InChI is InChI=1S/C19H29N3O2/c1-20-19(21-13-17(23)14-7-3-2-4-8-14)22-16-11-12-24-18-10-6-5-9-15(16)18/h5-6,9-10,14,16-17,23H,2-4,7-8,11-13H2,1H3,(H2,20,21,22). The third kappa shape index (κ3) is 4.20. The Balaban J connectivity index is 1.54. The smallest absolute Gasteiger partial charge is 0.191 e. The first-order valence-electron chi connectivity index (χ1n) is 9.15. The van der Waals surface area contributed by atoms with Gasteiger partial charge in [-0.2, -0.15) is 0 Å². The van der Waals surface area contributed by atoms with E-state index in [9.17, 15) is 5.11 Å². The molecule has 0 spiro atoms. The van der Waals surface area contributed by atoms with E-state index in [0.29, 0.717) is 19.1 Å². The fraction of sp³-hybridized carbons (Fsp3) is 0.632. The van der Waals surface area contributed by atoms with Crippen molar-refractivity contribution in [3.63, 3.8) is 0 Å². The van der Waals surface area contributed by atoms with Crippen molar-refractivity contribution in [1.29, 1.82) is 0 Å². The zero-order valence-electron chi connectivity index (χ0n) is 14.5. The van der Waals surface area contributed by atoms with Crippen molar-refractivity contribution in [2.75, 3.05) is 20.2 Å². The van der Waals surface area contributed by atoms with Gasteiger partial charge in [0.05, 0.1) is 18.8 Å². The van der Waals surface area contributed by atoms with Gasteiger partial charge in [-0.1, -0.05) is 37.5 Å². The van der Waals surface area contributed by atoms with Crippen LogP contribution in [0.2, 0.25) is 0 Å². The van der Waals surface area contributed by atoms with E-state index < -0.39 is 0 Å². The van der Waals surface area contributed by atoms with Crippen LogP contribution in [0.25, 0.3) is 0 Å². The van der Waals surface area contributed by atoms with Gasteiger partial charge in [0.1, 0.15) is 5.75 Å². The molecule has 5 heteroatoms. The van der Waals surface area contributed by atoms with Gasteiger partial charge in [0, 0.05) is 25.6 Å². The number of ether oxygens (including phenoxy) is 1. The Bertz CT molecular complexity index is 555. The molecule has 1 aliphatic carbocycles. The lowest BCUT2D eigenvalue weighted by Gasteiger charge is -2.30. The lowest BCUT2D eigenvalue weighted by atomic mass is 9.85. The highest BCUT2D eigenvalue weighted by Crippen LogP contribution is 2.31. The second-order valence-electron chi connectivity index (χ2n) is 6.79. The van der Waals surface area contributed by atoms with Crippen LogP contribution in [0.1, 0.15) is 50.1 Å². The Hall–Kier alpha value is -1.75. The molecule has 1 fully saturated rings. The molecule has 1 aromatic carbocycles. The number of benzene rings is 1. The summed E-state index contributed by atoms with van der Waals surface area (Å²) >= 11 is 0. The molecular weight excluding hydrogens is 302 g/mol. The molecule has 1 heterocycles. The minimum absolute atomic E-state index is 0.188. The molecule has 0 aromatic heterocycles. The number of aliphatic hydroxyl groups excluding tert-OH is 1. The summed E-state index contributed by atoms with van der Waals surface area (Å²) in [6.45, 7) is 1.26. The van der Waals surface area contributed by atoms with Gasteiger partial charge < -0.3 is 20.5 Å². The van der Waals surface area contributed by atoms with E-state index in [1.807, 2.05) is 18.2 Å². The molecule has 0 saturated heterocycles. The van der Waals surface area contributed by atoms with Crippen molar-refractivity contribution < 1.29 is 9.84 Å². The van der Waals surface area contributed by atoms with Crippen LogP contribution in [0.3, 0.4) is 0 Å². The lowest BCUT2D eigenvalue weighted by molar-refractivity contribution is 0.0879. The van der Waals surface area contributed by atoms with Crippen molar-refractivity contribution in [3.8, 4) is 5.75 Å². The maximum atomic E-state index is 10.4. The van der Waals surface area contributed by atoms with E-state index in [4.69, 9.17) is 4.74 Å². The van der Waals surface area contributed by atoms with E-state index >= 15 is 0 Å². The predicted octanol–water partition coefficient (Wildman–Crippen LogP) is 2.62. The molecule has 1 saturated carbocycles. The zero-order valence-corrected chi connectivity index (χ0v) is 14.5. The fourth-order valence-electron chi connectivity index (χ4n) is 3.74. The predicted molar refractivity (Wildman–Crippen MR) is 96.4 cm³/mol. The minimum Gasteiger partial charge on any atom is -0.493 e. The molecular formula is C19H29N3O2. The largest absolute Gasteiger partial charge is 0.493 e. The van der Waals surface area contributed by atoms with Crippen LogP contribution in [0.5, 0.6) is 5.75 Å². The van der Waals surface area contributed by atoms with Gasteiger partial charge in [0.15, 0.2) is 5.96 Å². The van der Waals surface area contributed by atoms with Gasteiger partial charge >= 0.3 is 0 Å².